The van der Waals surface area contributed by atoms with E-state index in [1.165, 1.54) is 0 Å². The van der Waals surface area contributed by atoms with Gasteiger partial charge in [0.25, 0.3) is 0 Å². The van der Waals surface area contributed by atoms with Gasteiger partial charge in [-0.05, 0) is 44.0 Å². The van der Waals surface area contributed by atoms with Gasteiger partial charge in [0.15, 0.2) is 5.65 Å². The highest BCUT2D eigenvalue weighted by atomic mass is 14.9. The highest BCUT2D eigenvalue weighted by Crippen LogP contribution is 2.16. The van der Waals surface area contributed by atoms with Crippen LogP contribution in [0.15, 0.2) is 53.7 Å². The van der Waals surface area contributed by atoms with Crippen molar-refractivity contribution in [3.8, 4) is 0 Å². The molecule has 0 saturated carbocycles. The molecule has 0 fully saturated rings. The van der Waals surface area contributed by atoms with Crippen molar-refractivity contribution in [2.24, 2.45) is 4.99 Å². The van der Waals surface area contributed by atoms with Crippen molar-refractivity contribution in [2.45, 2.75) is 6.92 Å². The van der Waals surface area contributed by atoms with Crippen LogP contribution in [0.3, 0.4) is 0 Å². The van der Waals surface area contributed by atoms with Gasteiger partial charge in [-0.2, -0.15) is 0 Å². The number of rotatable bonds is 3. The van der Waals surface area contributed by atoms with Crippen LogP contribution in [-0.4, -0.2) is 16.7 Å². The van der Waals surface area contributed by atoms with Gasteiger partial charge in [-0.25, -0.2) is 9.97 Å². The van der Waals surface area contributed by atoms with Gasteiger partial charge in [0.2, 0.25) is 0 Å². The Labute approximate surface area is 100 Å². The summed E-state index contributed by atoms with van der Waals surface area (Å²) in [6.07, 6.45) is 7.46. The first kappa shape index (κ1) is 11.2. The number of hydrogen-bond donors (Lipinski definition) is 0. The van der Waals surface area contributed by atoms with Gasteiger partial charge < -0.3 is 0 Å². The summed E-state index contributed by atoms with van der Waals surface area (Å²) < 4.78 is 0. The summed E-state index contributed by atoms with van der Waals surface area (Å²) >= 11 is 0. The zero-order valence-electron chi connectivity index (χ0n) is 9.67. The zero-order chi connectivity index (χ0) is 12.1. The molecule has 0 aliphatic heterocycles. The standard InChI is InChI=1S/C14H13N3/c1-3-4-7-12(15-2)13-9-8-11-6-5-10-16-14(11)17-13/h3-10H,2H2,1H3/b4-3-,12-7-. The molecule has 0 unspecified atom stereocenters. The van der Waals surface area contributed by atoms with E-state index in [1.807, 2.05) is 49.4 Å². The summed E-state index contributed by atoms with van der Waals surface area (Å²) in [5.74, 6) is 0. The minimum absolute atomic E-state index is 0.722. The summed E-state index contributed by atoms with van der Waals surface area (Å²) in [7, 11) is 0. The van der Waals surface area contributed by atoms with Crippen LogP contribution in [-0.2, 0) is 0 Å². The predicted molar refractivity (Wildman–Crippen MR) is 71.9 cm³/mol. The maximum atomic E-state index is 4.45. The normalized spacial score (nSPS) is 12.2. The molecule has 0 amide bonds. The van der Waals surface area contributed by atoms with Crippen LogP contribution in [0.25, 0.3) is 16.7 Å². The molecule has 84 valence electrons. The molecule has 3 heteroatoms. The number of pyridine rings is 2. The minimum atomic E-state index is 0.722. The van der Waals surface area contributed by atoms with Gasteiger partial charge in [0, 0.05) is 11.6 Å². The molecule has 0 spiro atoms. The number of fused-ring (bicyclic) bond motifs is 1. The first-order chi connectivity index (χ1) is 8.35. The Morgan fingerprint density at radius 3 is 3.00 bits per heavy atom. The van der Waals surface area contributed by atoms with E-state index in [2.05, 4.69) is 21.7 Å². The van der Waals surface area contributed by atoms with Gasteiger partial charge in [-0.1, -0.05) is 12.2 Å². The minimum Gasteiger partial charge on any atom is -0.262 e. The Morgan fingerprint density at radius 1 is 1.35 bits per heavy atom. The van der Waals surface area contributed by atoms with E-state index in [9.17, 15) is 0 Å². The number of aromatic nitrogens is 2. The summed E-state index contributed by atoms with van der Waals surface area (Å²) in [5, 5.41) is 1.02. The number of nitrogens with zero attached hydrogens (tertiary/aromatic N) is 3. The Hall–Kier alpha value is -2.29. The lowest BCUT2D eigenvalue weighted by atomic mass is 10.2. The topological polar surface area (TPSA) is 38.1 Å². The highest BCUT2D eigenvalue weighted by Gasteiger charge is 2.02. The maximum absolute atomic E-state index is 4.45. The molecule has 0 radical (unpaired) electrons. The van der Waals surface area contributed by atoms with Crippen LogP contribution in [0.2, 0.25) is 0 Å². The van der Waals surface area contributed by atoms with Crippen molar-refractivity contribution in [3.05, 3.63) is 54.4 Å². The van der Waals surface area contributed by atoms with Crippen LogP contribution < -0.4 is 0 Å². The average molecular weight is 223 g/mol. The summed E-state index contributed by atoms with van der Waals surface area (Å²) in [5.41, 5.74) is 2.25. The van der Waals surface area contributed by atoms with Crippen molar-refractivity contribution in [1.29, 1.82) is 0 Å². The lowest BCUT2D eigenvalue weighted by molar-refractivity contribution is 1.25. The quantitative estimate of drug-likeness (QED) is 0.591. The molecule has 0 saturated heterocycles. The maximum Gasteiger partial charge on any atom is 0.159 e. The third-order valence-electron chi connectivity index (χ3n) is 2.34. The molecule has 2 aromatic heterocycles. The van der Waals surface area contributed by atoms with Crippen LogP contribution >= 0.6 is 0 Å². The third kappa shape index (κ3) is 2.45. The molecule has 0 aromatic carbocycles. The Balaban J connectivity index is 2.51. The smallest absolute Gasteiger partial charge is 0.159 e. The first-order valence-electron chi connectivity index (χ1n) is 5.37. The summed E-state index contributed by atoms with van der Waals surface area (Å²) in [4.78, 5) is 12.6. The third-order valence-corrected chi connectivity index (χ3v) is 2.34. The molecule has 0 N–H and O–H groups in total. The molecule has 0 aliphatic carbocycles. The molecule has 17 heavy (non-hydrogen) atoms. The first-order valence-corrected chi connectivity index (χ1v) is 5.37. The molecule has 3 nitrogen and oxygen atoms in total. The van der Waals surface area contributed by atoms with Crippen LogP contribution in [0.1, 0.15) is 12.6 Å². The Bertz CT molecular complexity index is 597. The molecule has 2 rings (SSSR count). The molecule has 0 bridgehead atoms. The van der Waals surface area contributed by atoms with Crippen LogP contribution in [0, 0.1) is 0 Å². The Morgan fingerprint density at radius 2 is 2.24 bits per heavy atom. The Kier molecular flexibility index (Phi) is 3.40. The van der Waals surface area contributed by atoms with Gasteiger partial charge >= 0.3 is 0 Å². The number of aliphatic imine (C=N–C) groups is 1. The van der Waals surface area contributed by atoms with Crippen LogP contribution in [0.4, 0.5) is 0 Å². The number of hydrogen-bond acceptors (Lipinski definition) is 3. The second-order valence-corrected chi connectivity index (χ2v) is 3.48. The van der Waals surface area contributed by atoms with Crippen LogP contribution in [0.5, 0.6) is 0 Å². The SMILES string of the molecule is C=N/C(=C\C=C/C)c1ccc2cccnc2n1. The van der Waals surface area contributed by atoms with Crippen molar-refractivity contribution < 1.29 is 0 Å². The van der Waals surface area contributed by atoms with Crippen molar-refractivity contribution in [1.82, 2.24) is 9.97 Å². The monoisotopic (exact) mass is 223 g/mol. The highest BCUT2D eigenvalue weighted by molar-refractivity contribution is 5.78. The fourth-order valence-corrected chi connectivity index (χ4v) is 1.50. The number of allylic oxidation sites excluding steroid dienone is 3. The summed E-state index contributed by atoms with van der Waals surface area (Å²) in [6.45, 7) is 5.51. The lowest BCUT2D eigenvalue weighted by Crippen LogP contribution is -1.89. The molecule has 0 atom stereocenters. The van der Waals surface area contributed by atoms with Crippen molar-refractivity contribution in [2.75, 3.05) is 0 Å². The predicted octanol–water partition coefficient (Wildman–Crippen LogP) is 3.25. The molecular weight excluding hydrogens is 210 g/mol. The largest absolute Gasteiger partial charge is 0.262 e. The van der Waals surface area contributed by atoms with Gasteiger partial charge in [0.05, 0.1) is 11.4 Å². The second kappa shape index (κ2) is 5.16. The van der Waals surface area contributed by atoms with E-state index in [4.69, 9.17) is 0 Å². The fourth-order valence-electron chi connectivity index (χ4n) is 1.50. The van der Waals surface area contributed by atoms with Gasteiger partial charge in [-0.3, -0.25) is 4.99 Å². The van der Waals surface area contributed by atoms with E-state index in [0.717, 1.165) is 22.4 Å². The molecule has 0 aliphatic rings. The van der Waals surface area contributed by atoms with E-state index in [-0.39, 0.29) is 0 Å². The fraction of sp³-hybridized carbons (Fsp3) is 0.0714. The molecule has 2 aromatic rings. The van der Waals surface area contributed by atoms with Gasteiger partial charge in [0.1, 0.15) is 0 Å². The van der Waals surface area contributed by atoms with Crippen molar-refractivity contribution >= 4 is 23.4 Å². The van der Waals surface area contributed by atoms with E-state index in [0.29, 0.717) is 0 Å². The molecular formula is C14H13N3. The van der Waals surface area contributed by atoms with Gasteiger partial charge in [-0.15, -0.1) is 0 Å². The zero-order valence-corrected chi connectivity index (χ0v) is 9.67. The van der Waals surface area contributed by atoms with E-state index >= 15 is 0 Å². The lowest BCUT2D eigenvalue weighted by Gasteiger charge is -2.01. The molecule has 2 heterocycles. The van der Waals surface area contributed by atoms with Crippen molar-refractivity contribution in [3.63, 3.8) is 0 Å². The van der Waals surface area contributed by atoms with E-state index in [1.54, 1.807) is 6.20 Å². The van der Waals surface area contributed by atoms with E-state index < -0.39 is 0 Å². The average Bonchev–Trinajstić information content (AvgIpc) is 2.39. The second-order valence-electron chi connectivity index (χ2n) is 3.48. The summed E-state index contributed by atoms with van der Waals surface area (Å²) in [6, 6.07) is 7.79.